The Kier molecular flexibility index (Phi) is 4.94. The van der Waals surface area contributed by atoms with Gasteiger partial charge in [0.2, 0.25) is 0 Å². The number of benzene rings is 1. The Bertz CT molecular complexity index is 508. The Labute approximate surface area is 125 Å². The zero-order valence-electron chi connectivity index (χ0n) is 13.0. The maximum atomic E-state index is 11.6. The van der Waals surface area contributed by atoms with Gasteiger partial charge in [-0.05, 0) is 45.2 Å². The van der Waals surface area contributed by atoms with E-state index in [1.165, 1.54) is 0 Å². The van der Waals surface area contributed by atoms with E-state index in [2.05, 4.69) is 5.32 Å². The lowest BCUT2D eigenvalue weighted by atomic mass is 10.0. The summed E-state index contributed by atoms with van der Waals surface area (Å²) in [5.41, 5.74) is 2.73. The van der Waals surface area contributed by atoms with Crippen LogP contribution in [0.1, 0.15) is 30.9 Å². The number of aryl methyl sites for hydroxylation is 1. The normalized spacial score (nSPS) is 15.9. The molecule has 5 nitrogen and oxygen atoms in total. The zero-order valence-corrected chi connectivity index (χ0v) is 13.0. The molecule has 1 aliphatic heterocycles. The molecule has 0 atom stereocenters. The van der Waals surface area contributed by atoms with Gasteiger partial charge in [0.25, 0.3) is 0 Å². The van der Waals surface area contributed by atoms with Crippen LogP contribution in [0.2, 0.25) is 0 Å². The van der Waals surface area contributed by atoms with Crippen molar-refractivity contribution < 1.29 is 14.6 Å². The number of carbonyl (C=O) groups is 1. The van der Waals surface area contributed by atoms with Crippen LogP contribution in [0.5, 0.6) is 5.75 Å². The molecule has 0 bridgehead atoms. The number of nitrogens with zero attached hydrogens (tertiary/aromatic N) is 1. The first-order valence-electron chi connectivity index (χ1n) is 7.50. The van der Waals surface area contributed by atoms with Crippen LogP contribution in [0, 0.1) is 13.8 Å². The van der Waals surface area contributed by atoms with Crippen molar-refractivity contribution in [2.24, 2.45) is 0 Å². The number of hydrogen-bond donors (Lipinski definition) is 2. The second kappa shape index (κ2) is 6.70. The summed E-state index contributed by atoms with van der Waals surface area (Å²) in [6, 6.07) is 4.23. The molecule has 1 fully saturated rings. The Balaban J connectivity index is 1.92. The summed E-state index contributed by atoms with van der Waals surface area (Å²) in [5.74, 6) is 0.351. The number of amides is 1. The fourth-order valence-corrected chi connectivity index (χ4v) is 2.63. The van der Waals surface area contributed by atoms with Crippen LogP contribution in [0.3, 0.4) is 0 Å². The Hall–Kier alpha value is -1.91. The van der Waals surface area contributed by atoms with E-state index in [0.29, 0.717) is 31.5 Å². The topological polar surface area (TPSA) is 61.8 Å². The van der Waals surface area contributed by atoms with E-state index >= 15 is 0 Å². The van der Waals surface area contributed by atoms with Gasteiger partial charge in [0.15, 0.2) is 0 Å². The minimum atomic E-state index is -0.222. The van der Waals surface area contributed by atoms with E-state index in [1.54, 1.807) is 4.90 Å². The summed E-state index contributed by atoms with van der Waals surface area (Å²) >= 11 is 0. The molecule has 1 heterocycles. The van der Waals surface area contributed by atoms with Gasteiger partial charge in [0.1, 0.15) is 5.75 Å². The number of nitrogens with one attached hydrogen (secondary N) is 1. The first kappa shape index (κ1) is 15.5. The highest BCUT2D eigenvalue weighted by Gasteiger charge is 2.23. The van der Waals surface area contributed by atoms with Crippen LogP contribution in [0.25, 0.3) is 0 Å². The number of phenolic OH excluding ortho intramolecular Hbond substituents is 1. The maximum absolute atomic E-state index is 11.6. The van der Waals surface area contributed by atoms with Crippen molar-refractivity contribution in [1.29, 1.82) is 0 Å². The summed E-state index contributed by atoms with van der Waals surface area (Å²) in [4.78, 5) is 13.4. The van der Waals surface area contributed by atoms with Crippen LogP contribution in [-0.2, 0) is 4.74 Å². The predicted molar refractivity (Wildman–Crippen MR) is 82.8 cm³/mol. The SMILES string of the molecule is CCOC(=O)N1CCC(Nc2ccc(C)c(O)c2C)CC1. The van der Waals surface area contributed by atoms with Gasteiger partial charge in [0.05, 0.1) is 6.61 Å². The monoisotopic (exact) mass is 292 g/mol. The summed E-state index contributed by atoms with van der Waals surface area (Å²) in [6.07, 6.45) is 1.54. The molecule has 1 aromatic rings. The van der Waals surface area contributed by atoms with Gasteiger partial charge >= 0.3 is 6.09 Å². The van der Waals surface area contributed by atoms with E-state index in [-0.39, 0.29) is 6.09 Å². The minimum absolute atomic E-state index is 0.222. The molecule has 5 heteroatoms. The fraction of sp³-hybridized carbons (Fsp3) is 0.562. The lowest BCUT2D eigenvalue weighted by molar-refractivity contribution is 0.0983. The van der Waals surface area contributed by atoms with Crippen LogP contribution < -0.4 is 5.32 Å². The predicted octanol–water partition coefficient (Wildman–Crippen LogP) is 3.04. The average molecular weight is 292 g/mol. The number of aromatic hydroxyl groups is 1. The molecule has 1 aliphatic rings. The number of rotatable bonds is 3. The molecular formula is C16H24N2O3. The van der Waals surface area contributed by atoms with Gasteiger partial charge in [-0.3, -0.25) is 0 Å². The standard InChI is InChI=1S/C16H24N2O3/c1-4-21-16(20)18-9-7-13(8-10-18)17-14-6-5-11(2)15(19)12(14)3/h5-6,13,17,19H,4,7-10H2,1-3H3. The van der Waals surface area contributed by atoms with Crippen LogP contribution in [0.4, 0.5) is 10.5 Å². The Morgan fingerprint density at radius 3 is 2.67 bits per heavy atom. The summed E-state index contributed by atoms with van der Waals surface area (Å²) in [6.45, 7) is 7.45. The number of hydrogen-bond acceptors (Lipinski definition) is 4. The van der Waals surface area contributed by atoms with Crippen molar-refractivity contribution in [3.63, 3.8) is 0 Å². The van der Waals surface area contributed by atoms with E-state index in [1.807, 2.05) is 32.9 Å². The summed E-state index contributed by atoms with van der Waals surface area (Å²) < 4.78 is 5.02. The molecule has 1 saturated heterocycles. The van der Waals surface area contributed by atoms with Gasteiger partial charge in [-0.1, -0.05) is 6.07 Å². The van der Waals surface area contributed by atoms with Crippen molar-refractivity contribution in [2.45, 2.75) is 39.7 Å². The van der Waals surface area contributed by atoms with Crippen LogP contribution >= 0.6 is 0 Å². The molecule has 2 rings (SSSR count). The molecular weight excluding hydrogens is 268 g/mol. The molecule has 2 N–H and O–H groups in total. The molecule has 116 valence electrons. The van der Waals surface area contributed by atoms with Gasteiger partial charge in [-0.2, -0.15) is 0 Å². The zero-order chi connectivity index (χ0) is 15.4. The lowest BCUT2D eigenvalue weighted by Gasteiger charge is -2.32. The molecule has 0 saturated carbocycles. The Morgan fingerprint density at radius 1 is 1.38 bits per heavy atom. The third-order valence-corrected chi connectivity index (χ3v) is 4.01. The maximum Gasteiger partial charge on any atom is 0.409 e. The fourth-order valence-electron chi connectivity index (χ4n) is 2.63. The van der Waals surface area contributed by atoms with Gasteiger partial charge in [0, 0.05) is 30.4 Å². The van der Waals surface area contributed by atoms with Crippen molar-refractivity contribution >= 4 is 11.8 Å². The quantitative estimate of drug-likeness (QED) is 0.899. The first-order chi connectivity index (χ1) is 10.0. The van der Waals surface area contributed by atoms with Gasteiger partial charge in [-0.25, -0.2) is 4.79 Å². The highest BCUT2D eigenvalue weighted by Crippen LogP contribution is 2.29. The third-order valence-electron chi connectivity index (χ3n) is 4.01. The number of likely N-dealkylation sites (tertiary alicyclic amines) is 1. The molecule has 1 aromatic carbocycles. The van der Waals surface area contributed by atoms with Crippen LogP contribution in [-0.4, -0.2) is 41.8 Å². The molecule has 0 aliphatic carbocycles. The summed E-state index contributed by atoms with van der Waals surface area (Å²) in [7, 11) is 0. The largest absolute Gasteiger partial charge is 0.507 e. The molecule has 1 amide bonds. The Morgan fingerprint density at radius 2 is 2.05 bits per heavy atom. The van der Waals surface area contributed by atoms with Crippen LogP contribution in [0.15, 0.2) is 12.1 Å². The van der Waals surface area contributed by atoms with E-state index in [4.69, 9.17) is 4.74 Å². The molecule has 0 aromatic heterocycles. The molecule has 0 spiro atoms. The average Bonchev–Trinajstić information content (AvgIpc) is 2.49. The number of carbonyl (C=O) groups excluding carboxylic acids is 1. The van der Waals surface area contributed by atoms with Crippen molar-refractivity contribution in [3.8, 4) is 5.75 Å². The summed E-state index contributed by atoms with van der Waals surface area (Å²) in [5, 5.41) is 13.5. The van der Waals surface area contributed by atoms with Crippen molar-refractivity contribution in [3.05, 3.63) is 23.3 Å². The molecule has 0 radical (unpaired) electrons. The molecule has 0 unspecified atom stereocenters. The second-order valence-electron chi connectivity index (χ2n) is 5.51. The molecule has 21 heavy (non-hydrogen) atoms. The van der Waals surface area contributed by atoms with Gasteiger partial charge < -0.3 is 20.1 Å². The number of anilines is 1. The van der Waals surface area contributed by atoms with E-state index in [0.717, 1.165) is 29.7 Å². The highest BCUT2D eigenvalue weighted by atomic mass is 16.6. The van der Waals surface area contributed by atoms with Crippen molar-refractivity contribution in [1.82, 2.24) is 4.90 Å². The van der Waals surface area contributed by atoms with Crippen molar-refractivity contribution in [2.75, 3.05) is 25.0 Å². The number of piperidine rings is 1. The van der Waals surface area contributed by atoms with Gasteiger partial charge in [-0.15, -0.1) is 0 Å². The first-order valence-corrected chi connectivity index (χ1v) is 7.50. The minimum Gasteiger partial charge on any atom is -0.507 e. The smallest absolute Gasteiger partial charge is 0.409 e. The number of ether oxygens (including phenoxy) is 1. The van der Waals surface area contributed by atoms with E-state index in [9.17, 15) is 9.90 Å². The second-order valence-corrected chi connectivity index (χ2v) is 5.51. The third kappa shape index (κ3) is 3.60. The lowest BCUT2D eigenvalue weighted by Crippen LogP contribution is -2.42. The van der Waals surface area contributed by atoms with E-state index < -0.39 is 0 Å². The highest BCUT2D eigenvalue weighted by molar-refractivity contribution is 5.67. The number of phenols is 1.